The summed E-state index contributed by atoms with van der Waals surface area (Å²) in [5.41, 5.74) is -0.0590. The first-order chi connectivity index (χ1) is 15.0. The normalized spacial score (nSPS) is 19.0. The van der Waals surface area contributed by atoms with Gasteiger partial charge >= 0.3 is 0 Å². The minimum absolute atomic E-state index is 0.0590. The molecule has 0 aliphatic heterocycles. The SMILES string of the molecule is CN(C)CCn1ccc2cc(Nc3cnccn3)nc(N[C@H]3CC[C@@H](O)CC3)c2c1=O. The Morgan fingerprint density at radius 1 is 1.19 bits per heavy atom. The highest BCUT2D eigenvalue weighted by molar-refractivity contribution is 5.93. The Morgan fingerprint density at radius 3 is 2.71 bits per heavy atom. The van der Waals surface area contributed by atoms with Crippen molar-refractivity contribution >= 4 is 28.2 Å². The average molecular weight is 424 g/mol. The predicted octanol–water partition coefficient (Wildman–Crippen LogP) is 2.21. The fourth-order valence-electron chi connectivity index (χ4n) is 3.86. The van der Waals surface area contributed by atoms with Crippen LogP contribution < -0.4 is 16.2 Å². The number of rotatable bonds is 7. The van der Waals surface area contributed by atoms with Crippen LogP contribution in [0.4, 0.5) is 17.5 Å². The van der Waals surface area contributed by atoms with Crippen molar-refractivity contribution < 1.29 is 5.11 Å². The lowest BCUT2D eigenvalue weighted by atomic mass is 9.93. The zero-order valence-corrected chi connectivity index (χ0v) is 18.0. The lowest BCUT2D eigenvalue weighted by molar-refractivity contribution is 0.126. The summed E-state index contributed by atoms with van der Waals surface area (Å²) in [6.45, 7) is 1.38. The molecule has 164 valence electrons. The van der Waals surface area contributed by atoms with Gasteiger partial charge in [-0.25, -0.2) is 9.97 Å². The topological polar surface area (TPSA) is 108 Å². The predicted molar refractivity (Wildman–Crippen MR) is 122 cm³/mol. The number of nitrogens with zero attached hydrogens (tertiary/aromatic N) is 5. The molecule has 1 saturated carbocycles. The van der Waals surface area contributed by atoms with Gasteiger partial charge in [-0.2, -0.15) is 0 Å². The van der Waals surface area contributed by atoms with Gasteiger partial charge in [0.05, 0.1) is 17.7 Å². The van der Waals surface area contributed by atoms with Crippen LogP contribution in [0.5, 0.6) is 0 Å². The number of pyridine rings is 2. The maximum absolute atomic E-state index is 13.3. The van der Waals surface area contributed by atoms with Gasteiger partial charge in [0.1, 0.15) is 17.5 Å². The number of aliphatic hydroxyl groups excluding tert-OH is 1. The number of fused-ring (bicyclic) bond motifs is 1. The van der Waals surface area contributed by atoms with Gasteiger partial charge in [0, 0.05) is 37.7 Å². The molecule has 4 rings (SSSR count). The van der Waals surface area contributed by atoms with Crippen molar-refractivity contribution in [2.75, 3.05) is 31.3 Å². The molecule has 3 aromatic heterocycles. The van der Waals surface area contributed by atoms with Crippen LogP contribution in [-0.2, 0) is 6.54 Å². The summed E-state index contributed by atoms with van der Waals surface area (Å²) >= 11 is 0. The summed E-state index contributed by atoms with van der Waals surface area (Å²) in [5.74, 6) is 1.74. The molecule has 0 radical (unpaired) electrons. The number of aliphatic hydroxyl groups is 1. The summed E-state index contributed by atoms with van der Waals surface area (Å²) in [4.78, 5) is 28.4. The lowest BCUT2D eigenvalue weighted by Crippen LogP contribution is -2.30. The van der Waals surface area contributed by atoms with E-state index in [4.69, 9.17) is 4.98 Å². The van der Waals surface area contributed by atoms with Crippen molar-refractivity contribution in [3.05, 3.63) is 47.3 Å². The first-order valence-corrected chi connectivity index (χ1v) is 10.7. The van der Waals surface area contributed by atoms with Crippen molar-refractivity contribution in [3.63, 3.8) is 0 Å². The molecule has 0 amide bonds. The first kappa shape index (κ1) is 21.2. The van der Waals surface area contributed by atoms with E-state index < -0.39 is 0 Å². The Kier molecular flexibility index (Phi) is 6.43. The molecular weight excluding hydrogens is 394 g/mol. The van der Waals surface area contributed by atoms with E-state index in [9.17, 15) is 9.90 Å². The van der Waals surface area contributed by atoms with Crippen LogP contribution >= 0.6 is 0 Å². The van der Waals surface area contributed by atoms with E-state index in [-0.39, 0.29) is 17.7 Å². The van der Waals surface area contributed by atoms with Crippen molar-refractivity contribution in [1.82, 2.24) is 24.4 Å². The molecule has 0 saturated heterocycles. The molecule has 0 unspecified atom stereocenters. The van der Waals surface area contributed by atoms with Gasteiger partial charge in [0.2, 0.25) is 0 Å². The quantitative estimate of drug-likeness (QED) is 0.531. The Bertz CT molecular complexity index is 1080. The van der Waals surface area contributed by atoms with Crippen molar-refractivity contribution in [1.29, 1.82) is 0 Å². The van der Waals surface area contributed by atoms with E-state index in [2.05, 4.69) is 25.5 Å². The molecule has 31 heavy (non-hydrogen) atoms. The molecule has 0 atom stereocenters. The van der Waals surface area contributed by atoms with Gasteiger partial charge < -0.3 is 25.2 Å². The number of nitrogens with one attached hydrogen (secondary N) is 2. The fraction of sp³-hybridized carbons (Fsp3) is 0.455. The average Bonchev–Trinajstić information content (AvgIpc) is 2.75. The van der Waals surface area contributed by atoms with Gasteiger partial charge in [0.25, 0.3) is 5.56 Å². The van der Waals surface area contributed by atoms with Crippen LogP contribution in [0, 0.1) is 0 Å². The van der Waals surface area contributed by atoms with Gasteiger partial charge in [-0.3, -0.25) is 9.78 Å². The molecule has 1 aliphatic rings. The molecular formula is C22H29N7O2. The molecule has 3 N–H and O–H groups in total. The number of anilines is 3. The van der Waals surface area contributed by atoms with Crippen molar-refractivity contribution in [2.24, 2.45) is 0 Å². The third-order valence-electron chi connectivity index (χ3n) is 5.60. The number of hydrogen-bond acceptors (Lipinski definition) is 8. The number of hydrogen-bond donors (Lipinski definition) is 3. The maximum Gasteiger partial charge on any atom is 0.262 e. The Morgan fingerprint density at radius 2 is 2.00 bits per heavy atom. The molecule has 1 fully saturated rings. The highest BCUT2D eigenvalue weighted by Gasteiger charge is 2.21. The Balaban J connectivity index is 1.72. The van der Waals surface area contributed by atoms with Gasteiger partial charge in [-0.05, 0) is 57.3 Å². The minimum Gasteiger partial charge on any atom is -0.393 e. The largest absolute Gasteiger partial charge is 0.393 e. The van der Waals surface area contributed by atoms with Gasteiger partial charge in [-0.15, -0.1) is 0 Å². The van der Waals surface area contributed by atoms with Crippen molar-refractivity contribution in [3.8, 4) is 0 Å². The molecule has 1 aliphatic carbocycles. The molecule has 0 bridgehead atoms. The van der Waals surface area contributed by atoms with E-state index in [1.54, 1.807) is 23.2 Å². The first-order valence-electron chi connectivity index (χ1n) is 10.7. The van der Waals surface area contributed by atoms with Crippen LogP contribution in [0.25, 0.3) is 10.8 Å². The third-order valence-corrected chi connectivity index (χ3v) is 5.60. The highest BCUT2D eigenvalue weighted by Crippen LogP contribution is 2.27. The summed E-state index contributed by atoms with van der Waals surface area (Å²) in [5, 5.41) is 17.9. The Labute approximate surface area is 181 Å². The molecule has 0 spiro atoms. The molecule has 3 aromatic rings. The summed E-state index contributed by atoms with van der Waals surface area (Å²) in [6.07, 6.45) is 9.62. The zero-order valence-electron chi connectivity index (χ0n) is 18.0. The monoisotopic (exact) mass is 423 g/mol. The highest BCUT2D eigenvalue weighted by atomic mass is 16.3. The molecule has 9 heteroatoms. The Hall–Kier alpha value is -3.04. The lowest BCUT2D eigenvalue weighted by Gasteiger charge is -2.27. The zero-order chi connectivity index (χ0) is 21.8. The van der Waals surface area contributed by atoms with Gasteiger partial charge in [-0.1, -0.05) is 0 Å². The maximum atomic E-state index is 13.3. The van der Waals surface area contributed by atoms with Crippen LogP contribution in [0.15, 0.2) is 41.7 Å². The van der Waals surface area contributed by atoms with E-state index in [0.29, 0.717) is 29.4 Å². The fourth-order valence-corrected chi connectivity index (χ4v) is 3.86. The summed E-state index contributed by atoms with van der Waals surface area (Å²) in [6, 6.07) is 3.98. The minimum atomic E-state index is -0.240. The van der Waals surface area contributed by atoms with E-state index in [0.717, 1.165) is 37.6 Å². The summed E-state index contributed by atoms with van der Waals surface area (Å²) < 4.78 is 1.73. The second-order valence-corrected chi connectivity index (χ2v) is 8.30. The third kappa shape index (κ3) is 5.18. The van der Waals surface area contributed by atoms with Crippen LogP contribution in [0.3, 0.4) is 0 Å². The number of aromatic nitrogens is 4. The van der Waals surface area contributed by atoms with Crippen LogP contribution in [-0.4, -0.2) is 62.3 Å². The second-order valence-electron chi connectivity index (χ2n) is 8.30. The van der Waals surface area contributed by atoms with E-state index >= 15 is 0 Å². The number of likely N-dealkylation sites (N-methyl/N-ethyl adjacent to an activating group) is 1. The summed E-state index contributed by atoms with van der Waals surface area (Å²) in [7, 11) is 3.98. The van der Waals surface area contributed by atoms with E-state index in [1.807, 2.05) is 32.4 Å². The molecule has 9 nitrogen and oxygen atoms in total. The molecule has 3 heterocycles. The van der Waals surface area contributed by atoms with Crippen LogP contribution in [0.2, 0.25) is 0 Å². The van der Waals surface area contributed by atoms with Gasteiger partial charge in [0.15, 0.2) is 0 Å². The van der Waals surface area contributed by atoms with Crippen molar-refractivity contribution in [2.45, 2.75) is 44.4 Å². The van der Waals surface area contributed by atoms with Crippen LogP contribution in [0.1, 0.15) is 25.7 Å². The standard InChI is InChI=1S/C22H29N7O2/c1-28(2)11-12-29-10-7-15-13-18(26-19-14-23-8-9-24-19)27-21(20(15)22(29)31)25-16-3-5-17(30)6-4-16/h7-10,13-14,16-17,30H,3-6,11-12H2,1-2H3,(H2,24,25,26,27)/t16-,17+. The smallest absolute Gasteiger partial charge is 0.262 e. The molecule has 0 aromatic carbocycles. The second kappa shape index (κ2) is 9.40. The van der Waals surface area contributed by atoms with E-state index in [1.165, 1.54) is 0 Å².